The zero-order valence-electron chi connectivity index (χ0n) is 17.3. The highest BCUT2D eigenvalue weighted by Gasteiger charge is 2.61. The van der Waals surface area contributed by atoms with Gasteiger partial charge in [0.15, 0.2) is 0 Å². The largest absolute Gasteiger partial charge is 0.323 e. The minimum Gasteiger partial charge on any atom is -0.323 e. The van der Waals surface area contributed by atoms with Crippen molar-refractivity contribution in [2.45, 2.75) is 11.8 Å². The van der Waals surface area contributed by atoms with E-state index >= 15 is 0 Å². The number of hydrogen-bond acceptors (Lipinski definition) is 3. The lowest BCUT2D eigenvalue weighted by Gasteiger charge is -2.45. The molecular weight excluding hydrogens is 459 g/mol. The van der Waals surface area contributed by atoms with Gasteiger partial charge < -0.3 is 5.32 Å². The lowest BCUT2D eigenvalue weighted by molar-refractivity contribution is -0.142. The average molecular weight is 477 g/mol. The first-order valence-corrected chi connectivity index (χ1v) is 11.5. The van der Waals surface area contributed by atoms with Crippen LogP contribution >= 0.6 is 23.2 Å². The summed E-state index contributed by atoms with van der Waals surface area (Å²) in [6.07, 6.45) is 0. The molecule has 0 aromatic heterocycles. The van der Waals surface area contributed by atoms with Crippen LogP contribution in [0.2, 0.25) is 10.0 Å². The molecule has 33 heavy (non-hydrogen) atoms. The minimum atomic E-state index is -0.505. The quantitative estimate of drug-likeness (QED) is 0.550. The molecule has 1 heterocycles. The molecule has 3 aromatic carbocycles. The van der Waals surface area contributed by atoms with Gasteiger partial charge in [0.2, 0.25) is 17.7 Å². The molecule has 0 unspecified atom stereocenters. The molecule has 1 aliphatic heterocycles. The van der Waals surface area contributed by atoms with Crippen molar-refractivity contribution in [2.75, 3.05) is 11.9 Å². The molecule has 164 valence electrons. The van der Waals surface area contributed by atoms with Crippen LogP contribution < -0.4 is 5.32 Å². The molecule has 7 rings (SSSR count). The zero-order chi connectivity index (χ0) is 22.9. The summed E-state index contributed by atoms with van der Waals surface area (Å²) in [4.78, 5) is 41.0. The van der Waals surface area contributed by atoms with Crippen LogP contribution in [0.5, 0.6) is 0 Å². The number of amides is 3. The summed E-state index contributed by atoms with van der Waals surface area (Å²) in [7, 11) is 0. The van der Waals surface area contributed by atoms with E-state index in [1.165, 1.54) is 6.07 Å². The highest BCUT2D eigenvalue weighted by atomic mass is 35.5. The van der Waals surface area contributed by atoms with Crippen LogP contribution in [-0.4, -0.2) is 29.2 Å². The zero-order valence-corrected chi connectivity index (χ0v) is 18.8. The molecular formula is C26H18Cl2N2O3. The Hall–Kier alpha value is -3.15. The lowest BCUT2D eigenvalue weighted by Crippen LogP contribution is -2.41. The van der Waals surface area contributed by atoms with Gasteiger partial charge in [-0.1, -0.05) is 71.7 Å². The Bertz CT molecular complexity index is 1240. The molecule has 3 amide bonds. The maximum Gasteiger partial charge on any atom is 0.244 e. The van der Waals surface area contributed by atoms with E-state index in [0.717, 1.165) is 27.2 Å². The second kappa shape index (κ2) is 7.44. The SMILES string of the molecule is O=C(CN1C(=O)[C@H]2C3c4ccccc4C(c4ccccc43)[C@@H]2C1=O)Nc1cc(Cl)ccc1Cl. The maximum absolute atomic E-state index is 13.5. The fourth-order valence-electron chi connectivity index (χ4n) is 5.82. The van der Waals surface area contributed by atoms with Crippen molar-refractivity contribution < 1.29 is 14.4 Å². The van der Waals surface area contributed by atoms with Crippen LogP contribution in [0, 0.1) is 11.8 Å². The van der Waals surface area contributed by atoms with Gasteiger partial charge >= 0.3 is 0 Å². The summed E-state index contributed by atoms with van der Waals surface area (Å²) in [6.45, 7) is -0.361. The van der Waals surface area contributed by atoms with Crippen LogP contribution in [0.4, 0.5) is 5.69 Å². The number of carbonyl (C=O) groups excluding carboxylic acids is 3. The third-order valence-electron chi connectivity index (χ3n) is 7.04. The molecule has 0 radical (unpaired) electrons. The molecule has 1 fully saturated rings. The van der Waals surface area contributed by atoms with E-state index in [0.29, 0.717) is 15.7 Å². The highest BCUT2D eigenvalue weighted by molar-refractivity contribution is 6.35. The van der Waals surface area contributed by atoms with Crippen molar-refractivity contribution >= 4 is 46.6 Å². The van der Waals surface area contributed by atoms with E-state index < -0.39 is 17.7 Å². The molecule has 5 nitrogen and oxygen atoms in total. The number of likely N-dealkylation sites (tertiary alicyclic amines) is 1. The second-order valence-corrected chi connectivity index (χ2v) is 9.54. The first-order valence-electron chi connectivity index (χ1n) is 10.7. The van der Waals surface area contributed by atoms with E-state index in [2.05, 4.69) is 5.32 Å². The molecule has 3 aromatic rings. The van der Waals surface area contributed by atoms with Crippen molar-refractivity contribution in [3.8, 4) is 0 Å². The topological polar surface area (TPSA) is 66.5 Å². The predicted octanol–water partition coefficient (Wildman–Crippen LogP) is 4.82. The Balaban J connectivity index is 1.34. The number of carbonyl (C=O) groups is 3. The smallest absolute Gasteiger partial charge is 0.244 e. The van der Waals surface area contributed by atoms with E-state index in [4.69, 9.17) is 23.2 Å². The number of benzene rings is 3. The van der Waals surface area contributed by atoms with Crippen LogP contribution in [-0.2, 0) is 14.4 Å². The van der Waals surface area contributed by atoms with Gasteiger partial charge in [0.1, 0.15) is 6.54 Å². The summed E-state index contributed by atoms with van der Waals surface area (Å²) >= 11 is 12.1. The molecule has 7 heteroatoms. The van der Waals surface area contributed by atoms with Crippen LogP contribution in [0.1, 0.15) is 34.1 Å². The van der Waals surface area contributed by atoms with Crippen molar-refractivity contribution in [3.63, 3.8) is 0 Å². The van der Waals surface area contributed by atoms with Gasteiger partial charge in [-0.05, 0) is 40.5 Å². The lowest BCUT2D eigenvalue weighted by atomic mass is 9.55. The van der Waals surface area contributed by atoms with Gasteiger partial charge in [-0.2, -0.15) is 0 Å². The van der Waals surface area contributed by atoms with Crippen molar-refractivity contribution in [1.29, 1.82) is 0 Å². The first-order chi connectivity index (χ1) is 16.0. The number of imide groups is 1. The normalized spacial score (nSPS) is 24.4. The van der Waals surface area contributed by atoms with Gasteiger partial charge in [0.25, 0.3) is 0 Å². The van der Waals surface area contributed by atoms with E-state index in [1.807, 2.05) is 48.5 Å². The molecule has 2 bridgehead atoms. The average Bonchev–Trinajstić information content (AvgIpc) is 3.07. The molecule has 2 atom stereocenters. The summed E-state index contributed by atoms with van der Waals surface area (Å²) in [5.41, 5.74) is 4.73. The summed E-state index contributed by atoms with van der Waals surface area (Å²) < 4.78 is 0. The summed E-state index contributed by atoms with van der Waals surface area (Å²) in [5, 5.41) is 3.41. The maximum atomic E-state index is 13.5. The Morgan fingerprint density at radius 2 is 1.27 bits per heavy atom. The fraction of sp³-hybridized carbons (Fsp3) is 0.192. The van der Waals surface area contributed by atoms with E-state index in [1.54, 1.807) is 12.1 Å². The second-order valence-electron chi connectivity index (χ2n) is 8.70. The summed E-state index contributed by atoms with van der Waals surface area (Å²) in [6, 6.07) is 20.8. The van der Waals surface area contributed by atoms with E-state index in [-0.39, 0.29) is 30.2 Å². The van der Waals surface area contributed by atoms with Crippen molar-refractivity contribution in [1.82, 2.24) is 4.90 Å². The fourth-order valence-corrected chi connectivity index (χ4v) is 6.16. The Morgan fingerprint density at radius 1 is 0.788 bits per heavy atom. The number of nitrogens with one attached hydrogen (secondary N) is 1. The van der Waals surface area contributed by atoms with Crippen molar-refractivity contribution in [3.05, 3.63) is 99.0 Å². The third-order valence-corrected chi connectivity index (χ3v) is 7.61. The molecule has 0 saturated carbocycles. The van der Waals surface area contributed by atoms with Gasteiger partial charge in [0.05, 0.1) is 22.5 Å². The van der Waals surface area contributed by atoms with Gasteiger partial charge in [0, 0.05) is 16.9 Å². The van der Waals surface area contributed by atoms with Crippen LogP contribution in [0.15, 0.2) is 66.7 Å². The standard InChI is InChI=1S/C26H18Cl2N2O3/c27-13-9-10-18(28)19(11-13)29-20(31)12-30-25(32)23-21-14-5-1-2-6-15(14)22(24(23)26(30)33)17-8-4-3-7-16(17)21/h1-11,21-24H,12H2,(H,29,31)/t21?,22?,23-,24-/m0/s1. The Morgan fingerprint density at radius 3 is 1.76 bits per heavy atom. The Kier molecular flexibility index (Phi) is 4.61. The third kappa shape index (κ3) is 2.96. The van der Waals surface area contributed by atoms with Gasteiger partial charge in [-0.3, -0.25) is 19.3 Å². The van der Waals surface area contributed by atoms with E-state index in [9.17, 15) is 14.4 Å². The highest BCUT2D eigenvalue weighted by Crippen LogP contribution is 2.60. The molecule has 1 N–H and O–H groups in total. The summed E-state index contributed by atoms with van der Waals surface area (Å²) in [5.74, 6) is -2.49. The minimum absolute atomic E-state index is 0.195. The first kappa shape index (κ1) is 20.5. The number of nitrogens with zero attached hydrogens (tertiary/aromatic N) is 1. The number of hydrogen-bond donors (Lipinski definition) is 1. The number of rotatable bonds is 3. The predicted molar refractivity (Wildman–Crippen MR) is 125 cm³/mol. The molecule has 4 aliphatic rings. The number of anilines is 1. The van der Waals surface area contributed by atoms with Gasteiger partial charge in [-0.15, -0.1) is 0 Å². The number of halogens is 2. The molecule has 3 aliphatic carbocycles. The molecule has 1 saturated heterocycles. The van der Waals surface area contributed by atoms with Crippen molar-refractivity contribution in [2.24, 2.45) is 11.8 Å². The van der Waals surface area contributed by atoms with Gasteiger partial charge in [-0.25, -0.2) is 0 Å². The van der Waals surface area contributed by atoms with Crippen LogP contribution in [0.3, 0.4) is 0 Å². The monoisotopic (exact) mass is 476 g/mol. The van der Waals surface area contributed by atoms with Crippen LogP contribution in [0.25, 0.3) is 0 Å². The molecule has 0 spiro atoms. The Labute approximate surface area is 200 Å².